The van der Waals surface area contributed by atoms with Crippen molar-refractivity contribution in [2.45, 2.75) is 6.92 Å². The summed E-state index contributed by atoms with van der Waals surface area (Å²) in [5.74, 6) is -0.976. The first-order chi connectivity index (χ1) is 9.90. The Morgan fingerprint density at radius 3 is 2.29 bits per heavy atom. The first-order valence-electron chi connectivity index (χ1n) is 6.22. The molecule has 1 N–H and O–H groups in total. The first-order valence-corrected chi connectivity index (χ1v) is 6.22. The van der Waals surface area contributed by atoms with Gasteiger partial charge in [0.2, 0.25) is 0 Å². The molecule has 2 aromatic rings. The molecule has 0 saturated carbocycles. The molecular weight excluding hydrogens is 272 g/mol. The van der Waals surface area contributed by atoms with Crippen molar-refractivity contribution in [1.82, 2.24) is 0 Å². The predicted molar refractivity (Wildman–Crippen MR) is 79.3 cm³/mol. The van der Waals surface area contributed by atoms with Crippen LogP contribution in [0.4, 0.5) is 17.1 Å². The van der Waals surface area contributed by atoms with E-state index in [2.05, 4.69) is 0 Å². The van der Waals surface area contributed by atoms with Gasteiger partial charge in [0.1, 0.15) is 0 Å². The zero-order valence-electron chi connectivity index (χ0n) is 11.6. The number of anilines is 2. The van der Waals surface area contributed by atoms with Crippen molar-refractivity contribution >= 4 is 23.0 Å². The van der Waals surface area contributed by atoms with E-state index in [1.165, 1.54) is 24.3 Å². The maximum atomic E-state index is 10.8. The lowest BCUT2D eigenvalue weighted by molar-refractivity contribution is -0.384. The minimum atomic E-state index is -0.976. The summed E-state index contributed by atoms with van der Waals surface area (Å²) in [5.41, 5.74) is 2.66. The molecule has 0 unspecified atom stereocenters. The molecule has 0 saturated heterocycles. The smallest absolute Gasteiger partial charge is 0.335 e. The van der Waals surface area contributed by atoms with Crippen LogP contribution in [0.5, 0.6) is 0 Å². The molecule has 2 rings (SSSR count). The summed E-state index contributed by atoms with van der Waals surface area (Å²) in [5, 5.41) is 19.6. The molecule has 0 aliphatic heterocycles. The molecule has 0 amide bonds. The molecular formula is C15H14N2O4. The lowest BCUT2D eigenvalue weighted by atomic mass is 10.1. The van der Waals surface area contributed by atoms with Crippen molar-refractivity contribution in [3.63, 3.8) is 0 Å². The summed E-state index contributed by atoms with van der Waals surface area (Å²) >= 11 is 0. The van der Waals surface area contributed by atoms with Crippen LogP contribution < -0.4 is 4.90 Å². The SMILES string of the molecule is Cc1cc([N+](=O)[O-])ccc1N(C)c1ccc(C(=O)O)cc1. The minimum absolute atomic E-state index is 0.0471. The molecule has 0 aliphatic rings. The third kappa shape index (κ3) is 3.00. The third-order valence-electron chi connectivity index (χ3n) is 3.25. The van der Waals surface area contributed by atoms with Crippen LogP contribution in [0.15, 0.2) is 42.5 Å². The Hall–Kier alpha value is -2.89. The molecule has 108 valence electrons. The quantitative estimate of drug-likeness (QED) is 0.688. The fourth-order valence-electron chi connectivity index (χ4n) is 2.10. The summed E-state index contributed by atoms with van der Waals surface area (Å²) in [7, 11) is 1.82. The Labute approximate surface area is 121 Å². The number of hydrogen-bond acceptors (Lipinski definition) is 4. The van der Waals surface area contributed by atoms with Crippen LogP contribution in [0.2, 0.25) is 0 Å². The standard InChI is InChI=1S/C15H14N2O4/c1-10-9-13(17(20)21)7-8-14(10)16(2)12-5-3-11(4-6-12)15(18)19/h3-9H,1-2H3,(H,18,19). The van der Waals surface area contributed by atoms with Gasteiger partial charge in [0.15, 0.2) is 0 Å². The van der Waals surface area contributed by atoms with Gasteiger partial charge in [-0.05, 0) is 42.8 Å². The van der Waals surface area contributed by atoms with Crippen LogP contribution in [0.25, 0.3) is 0 Å². The van der Waals surface area contributed by atoms with E-state index in [9.17, 15) is 14.9 Å². The second-order valence-electron chi connectivity index (χ2n) is 4.64. The Morgan fingerprint density at radius 2 is 1.81 bits per heavy atom. The molecule has 0 atom stereocenters. The lowest BCUT2D eigenvalue weighted by Gasteiger charge is -2.21. The van der Waals surface area contributed by atoms with Crippen molar-refractivity contribution in [2.24, 2.45) is 0 Å². The van der Waals surface area contributed by atoms with Gasteiger partial charge in [-0.1, -0.05) is 0 Å². The summed E-state index contributed by atoms with van der Waals surface area (Å²) in [6.07, 6.45) is 0. The number of nitro benzene ring substituents is 1. The van der Waals surface area contributed by atoms with Crippen LogP contribution in [-0.2, 0) is 0 Å². The first kappa shape index (κ1) is 14.5. The normalized spacial score (nSPS) is 10.2. The lowest BCUT2D eigenvalue weighted by Crippen LogP contribution is -2.11. The summed E-state index contributed by atoms with van der Waals surface area (Å²) in [6, 6.07) is 11.1. The van der Waals surface area contributed by atoms with Crippen LogP contribution in [0.3, 0.4) is 0 Å². The van der Waals surface area contributed by atoms with E-state index in [0.29, 0.717) is 0 Å². The topological polar surface area (TPSA) is 83.7 Å². The van der Waals surface area contributed by atoms with Gasteiger partial charge in [0.25, 0.3) is 5.69 Å². The Kier molecular flexibility index (Phi) is 3.89. The summed E-state index contributed by atoms with van der Waals surface area (Å²) < 4.78 is 0. The number of benzene rings is 2. The monoisotopic (exact) mass is 286 g/mol. The van der Waals surface area contributed by atoms with Gasteiger partial charge in [0, 0.05) is 30.6 Å². The van der Waals surface area contributed by atoms with Crippen LogP contribution in [0.1, 0.15) is 15.9 Å². The third-order valence-corrected chi connectivity index (χ3v) is 3.25. The molecule has 0 heterocycles. The van der Waals surface area contributed by atoms with Crippen molar-refractivity contribution in [2.75, 3.05) is 11.9 Å². The van der Waals surface area contributed by atoms with Crippen LogP contribution >= 0.6 is 0 Å². The largest absolute Gasteiger partial charge is 0.478 e. The maximum absolute atomic E-state index is 10.8. The number of non-ortho nitro benzene ring substituents is 1. The molecule has 0 spiro atoms. The highest BCUT2D eigenvalue weighted by Crippen LogP contribution is 2.29. The fraction of sp³-hybridized carbons (Fsp3) is 0.133. The van der Waals surface area contributed by atoms with E-state index in [-0.39, 0.29) is 11.3 Å². The van der Waals surface area contributed by atoms with Gasteiger partial charge in [-0.25, -0.2) is 4.79 Å². The Morgan fingerprint density at radius 1 is 1.19 bits per heavy atom. The number of hydrogen-bond donors (Lipinski definition) is 1. The van der Waals surface area contributed by atoms with Gasteiger partial charge < -0.3 is 10.0 Å². The molecule has 21 heavy (non-hydrogen) atoms. The number of aromatic carboxylic acids is 1. The van der Waals surface area contributed by atoms with Crippen molar-refractivity contribution < 1.29 is 14.8 Å². The molecule has 0 fully saturated rings. The minimum Gasteiger partial charge on any atom is -0.478 e. The van der Waals surface area contributed by atoms with Gasteiger partial charge in [0.05, 0.1) is 10.5 Å². The van der Waals surface area contributed by atoms with E-state index >= 15 is 0 Å². The van der Waals surface area contributed by atoms with Crippen molar-refractivity contribution in [1.29, 1.82) is 0 Å². The summed E-state index contributed by atoms with van der Waals surface area (Å²) in [4.78, 5) is 23.0. The van der Waals surface area contributed by atoms with Crippen molar-refractivity contribution in [3.05, 3.63) is 63.7 Å². The van der Waals surface area contributed by atoms with E-state index in [1.54, 1.807) is 25.1 Å². The highest BCUT2D eigenvalue weighted by atomic mass is 16.6. The zero-order chi connectivity index (χ0) is 15.6. The Balaban J connectivity index is 2.33. The van der Waals surface area contributed by atoms with Crippen LogP contribution in [0, 0.1) is 17.0 Å². The second-order valence-corrected chi connectivity index (χ2v) is 4.64. The van der Waals surface area contributed by atoms with E-state index < -0.39 is 10.9 Å². The van der Waals surface area contributed by atoms with E-state index in [1.807, 2.05) is 11.9 Å². The molecule has 0 aromatic heterocycles. The molecule has 0 aliphatic carbocycles. The molecule has 6 heteroatoms. The summed E-state index contributed by atoms with van der Waals surface area (Å²) in [6.45, 7) is 1.80. The highest BCUT2D eigenvalue weighted by molar-refractivity contribution is 5.88. The fourth-order valence-corrected chi connectivity index (χ4v) is 2.10. The predicted octanol–water partition coefficient (Wildman–Crippen LogP) is 3.37. The van der Waals surface area contributed by atoms with Gasteiger partial charge in [-0.3, -0.25) is 10.1 Å². The number of nitro groups is 1. The Bertz CT molecular complexity index is 695. The average molecular weight is 286 g/mol. The zero-order valence-corrected chi connectivity index (χ0v) is 11.6. The number of carboxylic acids is 1. The van der Waals surface area contributed by atoms with Gasteiger partial charge in [-0.2, -0.15) is 0 Å². The van der Waals surface area contributed by atoms with Gasteiger partial charge >= 0.3 is 5.97 Å². The number of carboxylic acid groups (broad SMARTS) is 1. The number of nitrogens with zero attached hydrogens (tertiary/aromatic N) is 2. The molecule has 0 radical (unpaired) electrons. The second kappa shape index (κ2) is 5.62. The van der Waals surface area contributed by atoms with Gasteiger partial charge in [-0.15, -0.1) is 0 Å². The maximum Gasteiger partial charge on any atom is 0.335 e. The van der Waals surface area contributed by atoms with Crippen molar-refractivity contribution in [3.8, 4) is 0 Å². The average Bonchev–Trinajstić information content (AvgIpc) is 2.46. The number of carbonyl (C=O) groups is 1. The molecule has 6 nitrogen and oxygen atoms in total. The highest BCUT2D eigenvalue weighted by Gasteiger charge is 2.12. The van der Waals surface area contributed by atoms with E-state index in [0.717, 1.165) is 16.9 Å². The number of aryl methyl sites for hydroxylation is 1. The van der Waals surface area contributed by atoms with Crippen LogP contribution in [-0.4, -0.2) is 23.0 Å². The molecule has 2 aromatic carbocycles. The molecule has 0 bridgehead atoms. The van der Waals surface area contributed by atoms with E-state index in [4.69, 9.17) is 5.11 Å². The number of rotatable bonds is 4.